The largest absolute Gasteiger partial charge is 0.370 e. The minimum atomic E-state index is -0.0906. The molecule has 116 valence electrons. The molecule has 4 heteroatoms. The molecule has 4 nitrogen and oxygen atoms in total. The molecule has 1 unspecified atom stereocenters. The van der Waals surface area contributed by atoms with E-state index in [-0.39, 0.29) is 11.9 Å². The molecule has 1 amide bonds. The number of carbonyl (C=O) groups excluding carboxylic acids is 1. The number of nitrogens with zero attached hydrogens (tertiary/aromatic N) is 1. The maximum absolute atomic E-state index is 12.2. The molecule has 1 aromatic carbocycles. The van der Waals surface area contributed by atoms with E-state index < -0.39 is 0 Å². The van der Waals surface area contributed by atoms with E-state index in [4.69, 9.17) is 5.73 Å². The van der Waals surface area contributed by atoms with Crippen LogP contribution in [0.15, 0.2) is 24.3 Å². The SMILES string of the molecule is CC(C)C(N)CC(=O)Nc1ccccc1N1CCCCC1. The molecular weight excluding hydrogens is 262 g/mol. The van der Waals surface area contributed by atoms with Crippen LogP contribution in [0.4, 0.5) is 11.4 Å². The Kier molecular flexibility index (Phi) is 5.62. The number of benzene rings is 1. The number of nitrogens with two attached hydrogens (primary N) is 1. The van der Waals surface area contributed by atoms with Gasteiger partial charge in [0.05, 0.1) is 11.4 Å². The van der Waals surface area contributed by atoms with E-state index in [2.05, 4.69) is 16.3 Å². The molecular formula is C17H27N3O. The Balaban J connectivity index is 2.04. The van der Waals surface area contributed by atoms with Gasteiger partial charge in [0.15, 0.2) is 0 Å². The van der Waals surface area contributed by atoms with Crippen LogP contribution in [-0.4, -0.2) is 25.0 Å². The van der Waals surface area contributed by atoms with Crippen molar-refractivity contribution in [3.8, 4) is 0 Å². The molecule has 1 heterocycles. The van der Waals surface area contributed by atoms with Crippen molar-refractivity contribution < 1.29 is 4.79 Å². The molecule has 1 atom stereocenters. The third-order valence-corrected chi connectivity index (χ3v) is 4.15. The summed E-state index contributed by atoms with van der Waals surface area (Å²) in [4.78, 5) is 14.5. The maximum atomic E-state index is 12.2. The molecule has 0 spiro atoms. The Morgan fingerprint density at radius 2 is 1.90 bits per heavy atom. The zero-order valence-electron chi connectivity index (χ0n) is 13.1. The highest BCUT2D eigenvalue weighted by Gasteiger charge is 2.17. The van der Waals surface area contributed by atoms with Crippen LogP contribution < -0.4 is 16.0 Å². The second-order valence-corrected chi connectivity index (χ2v) is 6.23. The van der Waals surface area contributed by atoms with Gasteiger partial charge in [-0.25, -0.2) is 0 Å². The predicted octanol–water partition coefficient (Wildman–Crippen LogP) is 2.99. The summed E-state index contributed by atoms with van der Waals surface area (Å²) in [5, 5.41) is 3.03. The monoisotopic (exact) mass is 289 g/mol. The van der Waals surface area contributed by atoms with Gasteiger partial charge < -0.3 is 16.0 Å². The number of carbonyl (C=O) groups is 1. The van der Waals surface area contributed by atoms with Crippen molar-refractivity contribution in [2.24, 2.45) is 11.7 Å². The summed E-state index contributed by atoms with van der Waals surface area (Å²) in [7, 11) is 0. The van der Waals surface area contributed by atoms with Gasteiger partial charge in [-0.05, 0) is 37.3 Å². The van der Waals surface area contributed by atoms with Crippen LogP contribution >= 0.6 is 0 Å². The molecule has 0 aromatic heterocycles. The lowest BCUT2D eigenvalue weighted by molar-refractivity contribution is -0.116. The summed E-state index contributed by atoms with van der Waals surface area (Å²) in [5.41, 5.74) is 8.01. The highest BCUT2D eigenvalue weighted by molar-refractivity contribution is 5.94. The van der Waals surface area contributed by atoms with Crippen molar-refractivity contribution in [2.45, 2.75) is 45.6 Å². The fourth-order valence-electron chi connectivity index (χ4n) is 2.64. The Morgan fingerprint density at radius 3 is 2.57 bits per heavy atom. The number of para-hydroxylation sites is 2. The molecule has 0 bridgehead atoms. The van der Waals surface area contributed by atoms with E-state index >= 15 is 0 Å². The van der Waals surface area contributed by atoms with Crippen LogP contribution in [0.1, 0.15) is 39.5 Å². The molecule has 1 aliphatic heterocycles. The van der Waals surface area contributed by atoms with E-state index in [1.165, 1.54) is 19.3 Å². The molecule has 21 heavy (non-hydrogen) atoms. The first-order valence-corrected chi connectivity index (χ1v) is 7.97. The number of amides is 1. The van der Waals surface area contributed by atoms with Crippen molar-refractivity contribution in [1.82, 2.24) is 0 Å². The second kappa shape index (κ2) is 7.46. The van der Waals surface area contributed by atoms with E-state index in [0.29, 0.717) is 12.3 Å². The summed E-state index contributed by atoms with van der Waals surface area (Å²) in [6.07, 6.45) is 4.11. The van der Waals surface area contributed by atoms with Gasteiger partial charge in [0.1, 0.15) is 0 Å². The predicted molar refractivity (Wildman–Crippen MR) is 88.6 cm³/mol. The molecule has 1 aromatic rings. The zero-order valence-corrected chi connectivity index (χ0v) is 13.1. The quantitative estimate of drug-likeness (QED) is 0.876. The fourth-order valence-corrected chi connectivity index (χ4v) is 2.64. The van der Waals surface area contributed by atoms with Gasteiger partial charge >= 0.3 is 0 Å². The molecule has 1 fully saturated rings. The average molecular weight is 289 g/mol. The lowest BCUT2D eigenvalue weighted by Gasteiger charge is -2.30. The first-order chi connectivity index (χ1) is 10.1. The Hall–Kier alpha value is -1.55. The number of anilines is 2. The molecule has 1 saturated heterocycles. The minimum absolute atomic E-state index is 0.000611. The normalized spacial score (nSPS) is 16.9. The van der Waals surface area contributed by atoms with Gasteiger partial charge in [0, 0.05) is 25.6 Å². The van der Waals surface area contributed by atoms with Crippen molar-refractivity contribution >= 4 is 17.3 Å². The summed E-state index contributed by atoms with van der Waals surface area (Å²) >= 11 is 0. The number of piperidine rings is 1. The molecule has 2 rings (SSSR count). The van der Waals surface area contributed by atoms with Crippen LogP contribution in [0.25, 0.3) is 0 Å². The average Bonchev–Trinajstić information content (AvgIpc) is 2.48. The van der Waals surface area contributed by atoms with Crippen LogP contribution in [-0.2, 0) is 4.79 Å². The van der Waals surface area contributed by atoms with Gasteiger partial charge in [0.2, 0.25) is 5.91 Å². The van der Waals surface area contributed by atoms with Crippen LogP contribution in [0.3, 0.4) is 0 Å². The number of nitrogens with one attached hydrogen (secondary N) is 1. The highest BCUT2D eigenvalue weighted by Crippen LogP contribution is 2.28. The summed E-state index contributed by atoms with van der Waals surface area (Å²) in [5.74, 6) is 0.314. The third kappa shape index (κ3) is 4.46. The van der Waals surface area contributed by atoms with Gasteiger partial charge in [-0.3, -0.25) is 4.79 Å². The molecule has 0 radical (unpaired) electrons. The van der Waals surface area contributed by atoms with Crippen LogP contribution in [0.5, 0.6) is 0 Å². The molecule has 3 N–H and O–H groups in total. The maximum Gasteiger partial charge on any atom is 0.225 e. The van der Waals surface area contributed by atoms with Crippen LogP contribution in [0, 0.1) is 5.92 Å². The summed E-state index contributed by atoms with van der Waals surface area (Å²) < 4.78 is 0. The molecule has 0 aliphatic carbocycles. The van der Waals surface area contributed by atoms with Crippen molar-refractivity contribution in [3.05, 3.63) is 24.3 Å². The topological polar surface area (TPSA) is 58.4 Å². The number of rotatable bonds is 5. The molecule has 0 saturated carbocycles. The van der Waals surface area contributed by atoms with E-state index in [0.717, 1.165) is 24.5 Å². The van der Waals surface area contributed by atoms with Gasteiger partial charge in [-0.15, -0.1) is 0 Å². The smallest absolute Gasteiger partial charge is 0.225 e. The standard InChI is InChI=1S/C17H27N3O/c1-13(2)14(18)12-17(21)19-15-8-4-5-9-16(15)20-10-6-3-7-11-20/h4-5,8-9,13-14H,3,6-7,10-12,18H2,1-2H3,(H,19,21). The van der Waals surface area contributed by atoms with Crippen molar-refractivity contribution in [3.63, 3.8) is 0 Å². The minimum Gasteiger partial charge on any atom is -0.370 e. The second-order valence-electron chi connectivity index (χ2n) is 6.23. The van der Waals surface area contributed by atoms with E-state index in [1.807, 2.05) is 32.0 Å². The summed E-state index contributed by atoms with van der Waals surface area (Å²) in [6, 6.07) is 7.96. The number of hydrogen-bond acceptors (Lipinski definition) is 3. The Labute approximate surface area is 127 Å². The van der Waals surface area contributed by atoms with Crippen molar-refractivity contribution in [1.29, 1.82) is 0 Å². The highest BCUT2D eigenvalue weighted by atomic mass is 16.1. The number of hydrogen-bond donors (Lipinski definition) is 2. The molecule has 1 aliphatic rings. The van der Waals surface area contributed by atoms with Gasteiger partial charge in [-0.2, -0.15) is 0 Å². The van der Waals surface area contributed by atoms with Gasteiger partial charge in [-0.1, -0.05) is 26.0 Å². The van der Waals surface area contributed by atoms with Gasteiger partial charge in [0.25, 0.3) is 0 Å². The van der Waals surface area contributed by atoms with E-state index in [9.17, 15) is 4.79 Å². The lowest BCUT2D eigenvalue weighted by atomic mass is 10.0. The summed E-state index contributed by atoms with van der Waals surface area (Å²) in [6.45, 7) is 6.22. The Bertz CT molecular complexity index is 467. The van der Waals surface area contributed by atoms with E-state index in [1.54, 1.807) is 0 Å². The first kappa shape index (κ1) is 15.8. The van der Waals surface area contributed by atoms with Crippen LogP contribution in [0.2, 0.25) is 0 Å². The fraction of sp³-hybridized carbons (Fsp3) is 0.588. The third-order valence-electron chi connectivity index (χ3n) is 4.15. The lowest BCUT2D eigenvalue weighted by Crippen LogP contribution is -2.33. The zero-order chi connectivity index (χ0) is 15.2. The van der Waals surface area contributed by atoms with Crippen molar-refractivity contribution in [2.75, 3.05) is 23.3 Å². The first-order valence-electron chi connectivity index (χ1n) is 7.97. The Morgan fingerprint density at radius 1 is 1.24 bits per heavy atom.